The van der Waals surface area contributed by atoms with Crippen molar-refractivity contribution < 1.29 is 35.1 Å². The highest BCUT2D eigenvalue weighted by molar-refractivity contribution is 5.69. The van der Waals surface area contributed by atoms with Gasteiger partial charge in [0.15, 0.2) is 0 Å². The van der Waals surface area contributed by atoms with E-state index in [1.807, 2.05) is 72.9 Å². The van der Waals surface area contributed by atoms with Gasteiger partial charge in [-0.15, -0.1) is 0 Å². The van der Waals surface area contributed by atoms with Crippen molar-refractivity contribution in [3.05, 3.63) is 97.2 Å². The number of carbonyl (C=O) groups excluding carboxylic acids is 1. The fourth-order valence-electron chi connectivity index (χ4n) is 3.72. The summed E-state index contributed by atoms with van der Waals surface area (Å²) in [5.41, 5.74) is 0. The summed E-state index contributed by atoms with van der Waals surface area (Å²) < 4.78 is 5.35. The van der Waals surface area contributed by atoms with Crippen LogP contribution >= 0.6 is 0 Å². The molecule has 0 aliphatic carbocycles. The number of allylic oxidation sites excluding steroid dienone is 11. The van der Waals surface area contributed by atoms with E-state index in [4.69, 9.17) is 4.74 Å². The van der Waals surface area contributed by atoms with Gasteiger partial charge in [0.1, 0.15) is 6.10 Å². The van der Waals surface area contributed by atoms with Crippen molar-refractivity contribution >= 4 is 5.97 Å². The average Bonchev–Trinajstić information content (AvgIpc) is 2.85. The van der Waals surface area contributed by atoms with Gasteiger partial charge in [-0.2, -0.15) is 0 Å². The van der Waals surface area contributed by atoms with E-state index < -0.39 is 36.6 Å². The quantitative estimate of drug-likeness (QED) is 0.228. The Kier molecular flexibility index (Phi) is 19.3. The van der Waals surface area contributed by atoms with Crippen LogP contribution in [0.1, 0.15) is 58.3 Å². The summed E-state index contributed by atoms with van der Waals surface area (Å²) >= 11 is 0. The van der Waals surface area contributed by atoms with Crippen LogP contribution < -0.4 is 0 Å². The number of rotatable bonds is 0. The van der Waals surface area contributed by atoms with Crippen LogP contribution in [0.15, 0.2) is 97.2 Å². The molecule has 7 nitrogen and oxygen atoms in total. The molecular weight excluding hydrogens is 496 g/mol. The molecule has 1 aliphatic heterocycles. The molecule has 1 rings (SSSR count). The third kappa shape index (κ3) is 20.8. The molecule has 7 heteroatoms. The molecule has 0 aromatic rings. The molecule has 0 unspecified atom stereocenters. The molecule has 5 N–H and O–H groups in total. The predicted octanol–water partition coefficient (Wildman–Crippen LogP) is 4.31. The highest BCUT2D eigenvalue weighted by atomic mass is 16.5. The first kappa shape index (κ1) is 34.2. The standard InChI is InChI=1S/C32H46O7/c1-26-23-31(37)25-30(36)21-16-19-27(33)18-15-20-29(35)24-28(34)17-13-11-9-7-5-3-2-4-6-8-10-12-14-22-32(38)39-26/h2-13,15-16,19-20,26-31,33-37H,14,17-18,21-25H2,1H3/t26-,27-,28-,29+,30-,31+/m0/s1. The zero-order valence-electron chi connectivity index (χ0n) is 22.9. The first-order chi connectivity index (χ1) is 18.8. The van der Waals surface area contributed by atoms with Gasteiger partial charge in [0.05, 0.1) is 30.5 Å². The third-order valence-electron chi connectivity index (χ3n) is 5.69. The predicted molar refractivity (Wildman–Crippen MR) is 156 cm³/mol. The van der Waals surface area contributed by atoms with E-state index in [9.17, 15) is 30.3 Å². The van der Waals surface area contributed by atoms with Crippen LogP contribution in [0.4, 0.5) is 0 Å². The van der Waals surface area contributed by atoms with E-state index in [1.54, 1.807) is 31.2 Å². The highest BCUT2D eigenvalue weighted by Gasteiger charge is 2.17. The van der Waals surface area contributed by atoms with Gasteiger partial charge in [-0.25, -0.2) is 0 Å². The average molecular weight is 543 g/mol. The van der Waals surface area contributed by atoms with Gasteiger partial charge in [-0.1, -0.05) is 97.2 Å². The van der Waals surface area contributed by atoms with Gasteiger partial charge in [-0.3, -0.25) is 4.79 Å². The Labute approximate surface area is 233 Å². The maximum Gasteiger partial charge on any atom is 0.306 e. The highest BCUT2D eigenvalue weighted by Crippen LogP contribution is 2.12. The summed E-state index contributed by atoms with van der Waals surface area (Å²) in [6.45, 7) is 1.72. The topological polar surface area (TPSA) is 127 Å². The molecule has 0 aromatic carbocycles. The second-order valence-corrected chi connectivity index (χ2v) is 9.60. The summed E-state index contributed by atoms with van der Waals surface area (Å²) in [7, 11) is 0. The second-order valence-electron chi connectivity index (χ2n) is 9.60. The molecule has 216 valence electrons. The Morgan fingerprint density at radius 3 is 1.77 bits per heavy atom. The summed E-state index contributed by atoms with van der Waals surface area (Å²) in [4.78, 5) is 12.0. The minimum absolute atomic E-state index is 0.127. The lowest BCUT2D eigenvalue weighted by Gasteiger charge is -2.19. The van der Waals surface area contributed by atoms with Gasteiger partial charge in [0.2, 0.25) is 0 Å². The van der Waals surface area contributed by atoms with Gasteiger partial charge in [0.25, 0.3) is 0 Å². The Balaban J connectivity index is 2.70. The van der Waals surface area contributed by atoms with Crippen LogP contribution in [0.3, 0.4) is 0 Å². The van der Waals surface area contributed by atoms with Crippen molar-refractivity contribution in [1.29, 1.82) is 0 Å². The molecule has 0 saturated heterocycles. The number of cyclic esters (lactones) is 1. The fraction of sp³-hybridized carbons (Fsp3) is 0.469. The van der Waals surface area contributed by atoms with E-state index in [1.165, 1.54) is 0 Å². The maximum atomic E-state index is 12.0. The molecule has 0 amide bonds. The molecule has 1 aliphatic rings. The molecule has 1 heterocycles. The van der Waals surface area contributed by atoms with E-state index in [0.29, 0.717) is 12.8 Å². The van der Waals surface area contributed by atoms with Gasteiger partial charge < -0.3 is 30.3 Å². The summed E-state index contributed by atoms with van der Waals surface area (Å²) in [5.74, 6) is -0.336. The lowest BCUT2D eigenvalue weighted by atomic mass is 10.0. The molecule has 0 saturated carbocycles. The number of aliphatic hydroxyl groups excluding tert-OH is 5. The molecule has 6 atom stereocenters. The molecule has 0 spiro atoms. The van der Waals surface area contributed by atoms with Crippen LogP contribution in [0.5, 0.6) is 0 Å². The number of hydrogen-bond donors (Lipinski definition) is 5. The Morgan fingerprint density at radius 1 is 0.590 bits per heavy atom. The third-order valence-corrected chi connectivity index (χ3v) is 5.69. The minimum Gasteiger partial charge on any atom is -0.463 e. The zero-order valence-corrected chi connectivity index (χ0v) is 22.9. The lowest BCUT2D eigenvalue weighted by Crippen LogP contribution is -2.24. The summed E-state index contributed by atoms with van der Waals surface area (Å²) in [6.07, 6.45) is 26.8. The van der Waals surface area contributed by atoms with Gasteiger partial charge >= 0.3 is 5.97 Å². The molecule has 0 radical (unpaired) electrons. The van der Waals surface area contributed by atoms with Crippen LogP contribution in [-0.2, 0) is 9.53 Å². The fourth-order valence-corrected chi connectivity index (χ4v) is 3.72. The van der Waals surface area contributed by atoms with Gasteiger partial charge in [0, 0.05) is 19.3 Å². The van der Waals surface area contributed by atoms with E-state index in [2.05, 4.69) is 0 Å². The minimum atomic E-state index is -0.825. The molecule has 0 bridgehead atoms. The second kappa shape index (κ2) is 22.1. The Hall–Kier alpha value is -2.81. The van der Waals surface area contributed by atoms with Crippen LogP contribution in [0.25, 0.3) is 0 Å². The maximum absolute atomic E-state index is 12.0. The van der Waals surface area contributed by atoms with Crippen LogP contribution in [-0.4, -0.2) is 68.1 Å². The van der Waals surface area contributed by atoms with Crippen molar-refractivity contribution in [3.63, 3.8) is 0 Å². The smallest absolute Gasteiger partial charge is 0.306 e. The number of esters is 1. The number of aliphatic hydroxyl groups is 5. The molecule has 0 aromatic heterocycles. The number of hydrogen-bond acceptors (Lipinski definition) is 7. The molecular formula is C32H46O7. The van der Waals surface area contributed by atoms with Crippen LogP contribution in [0, 0.1) is 0 Å². The van der Waals surface area contributed by atoms with E-state index >= 15 is 0 Å². The Morgan fingerprint density at radius 2 is 1.10 bits per heavy atom. The zero-order chi connectivity index (χ0) is 28.7. The van der Waals surface area contributed by atoms with E-state index in [-0.39, 0.29) is 44.5 Å². The van der Waals surface area contributed by atoms with Crippen molar-refractivity contribution in [3.8, 4) is 0 Å². The number of carbonyl (C=O) groups is 1. The first-order valence-electron chi connectivity index (χ1n) is 13.7. The Bertz CT molecular complexity index is 894. The molecule has 39 heavy (non-hydrogen) atoms. The monoisotopic (exact) mass is 542 g/mol. The van der Waals surface area contributed by atoms with Crippen molar-refractivity contribution in [2.24, 2.45) is 0 Å². The molecule has 0 fully saturated rings. The van der Waals surface area contributed by atoms with Crippen molar-refractivity contribution in [2.75, 3.05) is 0 Å². The largest absolute Gasteiger partial charge is 0.463 e. The van der Waals surface area contributed by atoms with Crippen LogP contribution in [0.2, 0.25) is 0 Å². The summed E-state index contributed by atoms with van der Waals surface area (Å²) in [5, 5.41) is 50.6. The summed E-state index contributed by atoms with van der Waals surface area (Å²) in [6, 6.07) is 0. The van der Waals surface area contributed by atoms with Gasteiger partial charge in [-0.05, 0) is 39.0 Å². The van der Waals surface area contributed by atoms with E-state index in [0.717, 1.165) is 0 Å². The van der Waals surface area contributed by atoms with Crippen molar-refractivity contribution in [2.45, 2.75) is 94.9 Å². The SMILES string of the molecule is C[C@H]1C[C@@H](O)C[C@@H](O)CC=C[C@@H](O)CC=C[C@@H](O)C[C@@H](O)CC=CC=CC=CC=CC=CC=CCCC(=O)O1. The lowest BCUT2D eigenvalue weighted by molar-refractivity contribution is -0.149. The first-order valence-corrected chi connectivity index (χ1v) is 13.7. The number of ether oxygens (including phenoxy) is 1. The normalized spacial score (nSPS) is 29.9. The van der Waals surface area contributed by atoms with Crippen molar-refractivity contribution in [1.82, 2.24) is 0 Å².